The summed E-state index contributed by atoms with van der Waals surface area (Å²) in [6.45, 7) is 1.93. The Hall–Kier alpha value is -1.15. The molecular weight excluding hydrogens is 340 g/mol. The Balaban J connectivity index is 0.00000264. The van der Waals surface area contributed by atoms with Crippen LogP contribution in [-0.2, 0) is 21.4 Å². The third-order valence-electron chi connectivity index (χ3n) is 3.94. The van der Waals surface area contributed by atoms with Crippen LogP contribution in [0.2, 0.25) is 0 Å². The number of hydrogen-bond acceptors (Lipinski definition) is 4. The van der Waals surface area contributed by atoms with E-state index in [1.165, 1.54) is 18.4 Å². The molecule has 6 nitrogen and oxygen atoms in total. The van der Waals surface area contributed by atoms with Gasteiger partial charge in [0.15, 0.2) is 0 Å². The predicted molar refractivity (Wildman–Crippen MR) is 90.2 cm³/mol. The Kier molecular flexibility index (Phi) is 7.01. The summed E-state index contributed by atoms with van der Waals surface area (Å²) in [6, 6.07) is 6.85. The molecule has 0 radical (unpaired) electrons. The molecule has 0 spiro atoms. The third kappa shape index (κ3) is 4.91. The van der Waals surface area contributed by atoms with Crippen molar-refractivity contribution < 1.29 is 18.3 Å². The van der Waals surface area contributed by atoms with Crippen LogP contribution in [0.15, 0.2) is 29.2 Å². The van der Waals surface area contributed by atoms with Crippen LogP contribution in [0.4, 0.5) is 0 Å². The number of hydrogen-bond donors (Lipinski definition) is 1. The maximum atomic E-state index is 12.2. The molecule has 1 aromatic rings. The number of halogens is 1. The summed E-state index contributed by atoms with van der Waals surface area (Å²) in [6.07, 6.45) is 1.56. The van der Waals surface area contributed by atoms with E-state index in [-0.39, 0.29) is 23.2 Å². The molecule has 23 heavy (non-hydrogen) atoms. The van der Waals surface area contributed by atoms with Crippen molar-refractivity contribution >= 4 is 28.4 Å². The molecular formula is C15H23ClN2O4S. The zero-order valence-electron chi connectivity index (χ0n) is 13.3. The number of piperidine rings is 1. The topological polar surface area (TPSA) is 77.9 Å². The van der Waals surface area contributed by atoms with E-state index in [1.54, 1.807) is 18.2 Å². The Morgan fingerprint density at radius 1 is 1.39 bits per heavy atom. The highest BCUT2D eigenvalue weighted by Crippen LogP contribution is 2.20. The number of sulfonamides is 1. The van der Waals surface area contributed by atoms with Gasteiger partial charge in [0, 0.05) is 27.2 Å². The Morgan fingerprint density at radius 3 is 2.70 bits per heavy atom. The number of rotatable bonds is 5. The fourth-order valence-electron chi connectivity index (χ4n) is 2.67. The molecule has 1 aliphatic heterocycles. The van der Waals surface area contributed by atoms with Crippen molar-refractivity contribution in [2.45, 2.75) is 24.3 Å². The van der Waals surface area contributed by atoms with Crippen molar-refractivity contribution in [2.75, 3.05) is 27.2 Å². The highest BCUT2D eigenvalue weighted by atomic mass is 35.5. The van der Waals surface area contributed by atoms with E-state index < -0.39 is 16.0 Å². The lowest BCUT2D eigenvalue weighted by atomic mass is 9.98. The van der Waals surface area contributed by atoms with E-state index in [0.29, 0.717) is 19.5 Å². The number of benzene rings is 1. The zero-order valence-corrected chi connectivity index (χ0v) is 14.9. The van der Waals surface area contributed by atoms with Crippen molar-refractivity contribution in [2.24, 2.45) is 5.92 Å². The summed E-state index contributed by atoms with van der Waals surface area (Å²) >= 11 is 0. The first-order valence-electron chi connectivity index (χ1n) is 7.27. The zero-order chi connectivity index (χ0) is 16.3. The molecule has 1 fully saturated rings. The Morgan fingerprint density at radius 2 is 2.09 bits per heavy atom. The summed E-state index contributed by atoms with van der Waals surface area (Å²) in [5.41, 5.74) is 0.883. The molecule has 0 bridgehead atoms. The van der Waals surface area contributed by atoms with Gasteiger partial charge in [-0.2, -0.15) is 0 Å². The molecule has 0 aliphatic carbocycles. The monoisotopic (exact) mass is 362 g/mol. The standard InChI is InChI=1S/C15H22N2O4S.ClH/c1-16(2)22(20,21)14-7-3-5-12(9-14)10-17-8-4-6-13(11-17)15(18)19;/h3,5,7,9,13H,4,6,8,10-11H2,1-2H3,(H,18,19);1H. The largest absolute Gasteiger partial charge is 0.481 e. The van der Waals surface area contributed by atoms with E-state index in [4.69, 9.17) is 5.11 Å². The van der Waals surface area contributed by atoms with E-state index >= 15 is 0 Å². The highest BCUT2D eigenvalue weighted by Gasteiger charge is 2.25. The lowest BCUT2D eigenvalue weighted by Crippen LogP contribution is -2.38. The molecule has 0 aromatic heterocycles. The number of carboxylic acid groups (broad SMARTS) is 1. The van der Waals surface area contributed by atoms with Crippen LogP contribution in [0.25, 0.3) is 0 Å². The van der Waals surface area contributed by atoms with Gasteiger partial charge < -0.3 is 5.11 Å². The van der Waals surface area contributed by atoms with Gasteiger partial charge >= 0.3 is 5.97 Å². The van der Waals surface area contributed by atoms with E-state index in [9.17, 15) is 13.2 Å². The van der Waals surface area contributed by atoms with Gasteiger partial charge in [0.05, 0.1) is 10.8 Å². The fourth-order valence-corrected chi connectivity index (χ4v) is 3.65. The number of likely N-dealkylation sites (tertiary alicyclic amines) is 1. The van der Waals surface area contributed by atoms with Crippen molar-refractivity contribution in [3.63, 3.8) is 0 Å². The van der Waals surface area contributed by atoms with Crippen LogP contribution >= 0.6 is 12.4 Å². The summed E-state index contributed by atoms with van der Waals surface area (Å²) in [5, 5.41) is 9.12. The minimum Gasteiger partial charge on any atom is -0.481 e. The van der Waals surface area contributed by atoms with Gasteiger partial charge in [0.2, 0.25) is 10.0 Å². The first kappa shape index (κ1) is 19.9. The molecule has 1 aromatic carbocycles. The molecule has 1 atom stereocenters. The Labute approximate surface area is 143 Å². The quantitative estimate of drug-likeness (QED) is 0.861. The van der Waals surface area contributed by atoms with Gasteiger partial charge in [-0.05, 0) is 37.1 Å². The first-order valence-corrected chi connectivity index (χ1v) is 8.71. The lowest BCUT2D eigenvalue weighted by molar-refractivity contribution is -0.143. The van der Waals surface area contributed by atoms with E-state index in [2.05, 4.69) is 4.90 Å². The molecule has 8 heteroatoms. The lowest BCUT2D eigenvalue weighted by Gasteiger charge is -2.30. The molecule has 0 amide bonds. The van der Waals surface area contributed by atoms with Gasteiger partial charge in [0.1, 0.15) is 0 Å². The Bertz CT molecular complexity index is 649. The van der Waals surface area contributed by atoms with Gasteiger partial charge in [-0.3, -0.25) is 9.69 Å². The predicted octanol–water partition coefficient (Wildman–Crippen LogP) is 1.66. The minimum atomic E-state index is -3.44. The molecule has 1 N–H and O–H groups in total. The fraction of sp³-hybridized carbons (Fsp3) is 0.533. The molecule has 0 saturated carbocycles. The van der Waals surface area contributed by atoms with Crippen LogP contribution in [-0.4, -0.2) is 55.9 Å². The summed E-state index contributed by atoms with van der Waals surface area (Å²) < 4.78 is 25.5. The van der Waals surface area contributed by atoms with E-state index in [1.807, 2.05) is 6.07 Å². The van der Waals surface area contributed by atoms with Crippen molar-refractivity contribution in [1.29, 1.82) is 0 Å². The minimum absolute atomic E-state index is 0. The third-order valence-corrected chi connectivity index (χ3v) is 5.75. The van der Waals surface area contributed by atoms with Gasteiger partial charge in [0.25, 0.3) is 0 Å². The van der Waals surface area contributed by atoms with Crippen LogP contribution in [0, 0.1) is 5.92 Å². The maximum absolute atomic E-state index is 12.2. The number of nitrogens with zero attached hydrogens (tertiary/aromatic N) is 2. The number of aliphatic carboxylic acids is 1. The van der Waals surface area contributed by atoms with Gasteiger partial charge in [-0.15, -0.1) is 12.4 Å². The van der Waals surface area contributed by atoms with Crippen LogP contribution in [0.1, 0.15) is 18.4 Å². The number of carbonyl (C=O) groups is 1. The first-order chi connectivity index (χ1) is 10.3. The van der Waals surface area contributed by atoms with Gasteiger partial charge in [-0.25, -0.2) is 12.7 Å². The summed E-state index contributed by atoms with van der Waals surface area (Å²) in [7, 11) is -0.436. The molecule has 1 saturated heterocycles. The highest BCUT2D eigenvalue weighted by molar-refractivity contribution is 7.89. The second-order valence-electron chi connectivity index (χ2n) is 5.85. The SMILES string of the molecule is CN(C)S(=O)(=O)c1cccc(CN2CCCC(C(=O)O)C2)c1.Cl. The molecule has 1 heterocycles. The second kappa shape index (κ2) is 8.10. The summed E-state index contributed by atoms with van der Waals surface area (Å²) in [4.78, 5) is 13.4. The molecule has 2 rings (SSSR count). The molecule has 1 unspecified atom stereocenters. The van der Waals surface area contributed by atoms with Gasteiger partial charge in [-0.1, -0.05) is 12.1 Å². The maximum Gasteiger partial charge on any atom is 0.307 e. The van der Waals surface area contributed by atoms with E-state index in [0.717, 1.165) is 18.5 Å². The van der Waals surface area contributed by atoms with Crippen LogP contribution in [0.3, 0.4) is 0 Å². The molecule has 1 aliphatic rings. The second-order valence-corrected chi connectivity index (χ2v) is 8.00. The normalized spacial score (nSPS) is 19.3. The van der Waals surface area contributed by atoms with Crippen molar-refractivity contribution in [3.8, 4) is 0 Å². The van der Waals surface area contributed by atoms with Crippen LogP contribution in [0.5, 0.6) is 0 Å². The smallest absolute Gasteiger partial charge is 0.307 e. The van der Waals surface area contributed by atoms with Crippen molar-refractivity contribution in [1.82, 2.24) is 9.21 Å². The summed E-state index contributed by atoms with van der Waals surface area (Å²) in [5.74, 6) is -1.09. The molecule has 130 valence electrons. The van der Waals surface area contributed by atoms with Crippen molar-refractivity contribution in [3.05, 3.63) is 29.8 Å². The number of carboxylic acids is 1. The van der Waals surface area contributed by atoms with Crippen LogP contribution < -0.4 is 0 Å². The average Bonchev–Trinajstić information content (AvgIpc) is 2.47. The average molecular weight is 363 g/mol.